The van der Waals surface area contributed by atoms with Gasteiger partial charge in [-0.3, -0.25) is 14.6 Å². The SMILES string of the molecule is COc1cccc(CN2CCN([C@H](C(=O)O)c3cccc(C)c3F)CC2)c1. The molecule has 144 valence electrons. The molecule has 3 rings (SSSR count). The fourth-order valence-corrected chi connectivity index (χ4v) is 3.58. The number of methoxy groups -OCH3 is 1. The van der Waals surface area contributed by atoms with Crippen LogP contribution in [-0.4, -0.2) is 54.2 Å². The van der Waals surface area contributed by atoms with Gasteiger partial charge in [0.15, 0.2) is 0 Å². The van der Waals surface area contributed by atoms with Crippen molar-refractivity contribution in [3.63, 3.8) is 0 Å². The van der Waals surface area contributed by atoms with E-state index in [-0.39, 0.29) is 5.56 Å². The number of benzene rings is 2. The van der Waals surface area contributed by atoms with Crippen molar-refractivity contribution in [3.05, 3.63) is 65.0 Å². The Bertz CT molecular complexity index is 804. The quantitative estimate of drug-likeness (QED) is 0.845. The maximum atomic E-state index is 14.5. The van der Waals surface area contributed by atoms with E-state index in [1.807, 2.05) is 23.1 Å². The second-order valence-electron chi connectivity index (χ2n) is 6.88. The molecule has 0 spiro atoms. The van der Waals surface area contributed by atoms with Crippen LogP contribution in [0.15, 0.2) is 42.5 Å². The Morgan fingerprint density at radius 3 is 2.56 bits per heavy atom. The predicted octanol–water partition coefficient (Wildman–Crippen LogP) is 3.09. The molecule has 2 aromatic carbocycles. The highest BCUT2D eigenvalue weighted by molar-refractivity contribution is 5.75. The highest BCUT2D eigenvalue weighted by Crippen LogP contribution is 2.27. The third-order valence-electron chi connectivity index (χ3n) is 5.06. The zero-order valence-electron chi connectivity index (χ0n) is 15.7. The number of piperazine rings is 1. The summed E-state index contributed by atoms with van der Waals surface area (Å²) >= 11 is 0. The summed E-state index contributed by atoms with van der Waals surface area (Å²) < 4.78 is 19.8. The number of ether oxygens (including phenoxy) is 1. The summed E-state index contributed by atoms with van der Waals surface area (Å²) in [5.41, 5.74) is 1.86. The smallest absolute Gasteiger partial charge is 0.325 e. The molecule has 0 aromatic heterocycles. The molecule has 0 radical (unpaired) electrons. The summed E-state index contributed by atoms with van der Waals surface area (Å²) in [6.45, 7) is 5.05. The van der Waals surface area contributed by atoms with Gasteiger partial charge in [0, 0.05) is 38.3 Å². The molecular weight excluding hydrogens is 347 g/mol. The topological polar surface area (TPSA) is 53.0 Å². The number of aryl methyl sites for hydroxylation is 1. The number of halogens is 1. The molecule has 0 amide bonds. The molecule has 1 N–H and O–H groups in total. The van der Waals surface area contributed by atoms with Crippen molar-refractivity contribution in [2.24, 2.45) is 0 Å². The molecule has 0 saturated carbocycles. The van der Waals surface area contributed by atoms with E-state index in [4.69, 9.17) is 4.74 Å². The van der Waals surface area contributed by atoms with E-state index < -0.39 is 17.8 Å². The Balaban J connectivity index is 1.67. The second kappa shape index (κ2) is 8.50. The molecule has 1 atom stereocenters. The third-order valence-corrected chi connectivity index (χ3v) is 5.06. The average molecular weight is 372 g/mol. The fourth-order valence-electron chi connectivity index (χ4n) is 3.58. The Morgan fingerprint density at radius 2 is 1.89 bits per heavy atom. The molecule has 1 aliphatic rings. The molecule has 1 fully saturated rings. The van der Waals surface area contributed by atoms with E-state index in [9.17, 15) is 14.3 Å². The van der Waals surface area contributed by atoms with Crippen LogP contribution in [0.3, 0.4) is 0 Å². The molecule has 1 heterocycles. The Morgan fingerprint density at radius 1 is 1.19 bits per heavy atom. The van der Waals surface area contributed by atoms with E-state index in [0.717, 1.165) is 30.9 Å². The lowest BCUT2D eigenvalue weighted by Gasteiger charge is -2.38. The van der Waals surface area contributed by atoms with Gasteiger partial charge in [-0.2, -0.15) is 0 Å². The fraction of sp³-hybridized carbons (Fsp3) is 0.381. The molecule has 0 aliphatic carbocycles. The van der Waals surface area contributed by atoms with Gasteiger partial charge in [-0.25, -0.2) is 4.39 Å². The van der Waals surface area contributed by atoms with Gasteiger partial charge in [0.1, 0.15) is 17.6 Å². The van der Waals surface area contributed by atoms with Crippen molar-refractivity contribution >= 4 is 5.97 Å². The zero-order valence-corrected chi connectivity index (χ0v) is 15.7. The van der Waals surface area contributed by atoms with Crippen LogP contribution in [0.5, 0.6) is 5.75 Å². The number of rotatable bonds is 6. The normalized spacial score (nSPS) is 16.9. The zero-order chi connectivity index (χ0) is 19.4. The molecule has 1 aliphatic heterocycles. The largest absolute Gasteiger partial charge is 0.497 e. The van der Waals surface area contributed by atoms with Crippen LogP contribution in [0, 0.1) is 12.7 Å². The minimum Gasteiger partial charge on any atom is -0.497 e. The van der Waals surface area contributed by atoms with Gasteiger partial charge >= 0.3 is 5.97 Å². The van der Waals surface area contributed by atoms with Crippen LogP contribution >= 0.6 is 0 Å². The van der Waals surface area contributed by atoms with E-state index in [1.165, 1.54) is 0 Å². The summed E-state index contributed by atoms with van der Waals surface area (Å²) in [5.74, 6) is -0.614. The standard InChI is InChI=1S/C21H25FN2O3/c1-15-5-3-8-18(19(15)22)20(21(25)26)24-11-9-23(10-12-24)14-16-6-4-7-17(13-16)27-2/h3-8,13,20H,9-12,14H2,1-2H3,(H,25,26)/t20-/m0/s1. The van der Waals surface area contributed by atoms with E-state index in [1.54, 1.807) is 32.2 Å². The molecule has 1 saturated heterocycles. The lowest BCUT2D eigenvalue weighted by Crippen LogP contribution is -2.49. The first-order valence-electron chi connectivity index (χ1n) is 9.06. The van der Waals surface area contributed by atoms with E-state index in [0.29, 0.717) is 18.7 Å². The second-order valence-corrected chi connectivity index (χ2v) is 6.88. The van der Waals surface area contributed by atoms with Crippen molar-refractivity contribution in [1.29, 1.82) is 0 Å². The summed E-state index contributed by atoms with van der Waals surface area (Å²) in [6.07, 6.45) is 0. The van der Waals surface area contributed by atoms with Crippen LogP contribution in [0.1, 0.15) is 22.7 Å². The first-order valence-corrected chi connectivity index (χ1v) is 9.06. The molecule has 27 heavy (non-hydrogen) atoms. The van der Waals surface area contributed by atoms with Crippen molar-refractivity contribution in [1.82, 2.24) is 9.80 Å². The van der Waals surface area contributed by atoms with Crippen LogP contribution in [-0.2, 0) is 11.3 Å². The van der Waals surface area contributed by atoms with E-state index >= 15 is 0 Å². The third kappa shape index (κ3) is 4.46. The number of hydrogen-bond donors (Lipinski definition) is 1. The molecule has 5 nitrogen and oxygen atoms in total. The number of nitrogens with zero attached hydrogens (tertiary/aromatic N) is 2. The Kier molecular flexibility index (Phi) is 6.08. The number of carboxylic acids is 1. The van der Waals surface area contributed by atoms with Gasteiger partial charge in [-0.05, 0) is 30.2 Å². The van der Waals surface area contributed by atoms with Gasteiger partial charge in [-0.1, -0.05) is 30.3 Å². The average Bonchev–Trinajstić information content (AvgIpc) is 2.66. The highest BCUT2D eigenvalue weighted by Gasteiger charge is 2.32. The van der Waals surface area contributed by atoms with Crippen LogP contribution < -0.4 is 4.74 Å². The monoisotopic (exact) mass is 372 g/mol. The number of carbonyl (C=O) groups is 1. The minimum absolute atomic E-state index is 0.240. The first-order chi connectivity index (χ1) is 13.0. The predicted molar refractivity (Wildman–Crippen MR) is 101 cm³/mol. The summed E-state index contributed by atoms with van der Waals surface area (Å²) in [4.78, 5) is 16.0. The molecule has 0 unspecified atom stereocenters. The summed E-state index contributed by atoms with van der Waals surface area (Å²) in [7, 11) is 1.65. The van der Waals surface area contributed by atoms with Crippen molar-refractivity contribution in [2.75, 3.05) is 33.3 Å². The summed E-state index contributed by atoms with van der Waals surface area (Å²) in [5, 5.41) is 9.72. The number of carboxylic acid groups (broad SMARTS) is 1. The maximum Gasteiger partial charge on any atom is 0.325 e. The lowest BCUT2D eigenvalue weighted by molar-refractivity contribution is -0.144. The van der Waals surface area contributed by atoms with Crippen LogP contribution in [0.25, 0.3) is 0 Å². The van der Waals surface area contributed by atoms with Gasteiger partial charge < -0.3 is 9.84 Å². The van der Waals surface area contributed by atoms with Gasteiger partial charge in [-0.15, -0.1) is 0 Å². The Hall–Kier alpha value is -2.44. The van der Waals surface area contributed by atoms with Gasteiger partial charge in [0.2, 0.25) is 0 Å². The lowest BCUT2D eigenvalue weighted by atomic mass is 10.0. The van der Waals surface area contributed by atoms with Crippen molar-refractivity contribution in [3.8, 4) is 5.75 Å². The van der Waals surface area contributed by atoms with Gasteiger partial charge in [0.05, 0.1) is 7.11 Å². The maximum absolute atomic E-state index is 14.5. The first kappa shape index (κ1) is 19.3. The molecule has 2 aromatic rings. The van der Waals surface area contributed by atoms with E-state index in [2.05, 4.69) is 11.0 Å². The highest BCUT2D eigenvalue weighted by atomic mass is 19.1. The van der Waals surface area contributed by atoms with Crippen molar-refractivity contribution in [2.45, 2.75) is 19.5 Å². The number of aliphatic carboxylic acids is 1. The molecule has 6 heteroatoms. The van der Waals surface area contributed by atoms with Crippen LogP contribution in [0.2, 0.25) is 0 Å². The minimum atomic E-state index is -1.01. The molecular formula is C21H25FN2O3. The molecule has 0 bridgehead atoms. The van der Waals surface area contributed by atoms with Crippen LogP contribution in [0.4, 0.5) is 4.39 Å². The summed E-state index contributed by atoms with van der Waals surface area (Å²) in [6, 6.07) is 11.9. The Labute approximate surface area is 159 Å². The number of hydrogen-bond acceptors (Lipinski definition) is 4. The van der Waals surface area contributed by atoms with Crippen molar-refractivity contribution < 1.29 is 19.0 Å². The van der Waals surface area contributed by atoms with Gasteiger partial charge in [0.25, 0.3) is 0 Å².